The van der Waals surface area contributed by atoms with E-state index < -0.39 is 0 Å². The smallest absolute Gasteiger partial charge is 0.141 e. The van der Waals surface area contributed by atoms with Gasteiger partial charge < -0.3 is 9.30 Å². The predicted molar refractivity (Wildman–Crippen MR) is 93.8 cm³/mol. The number of hydrogen-bond donors (Lipinski definition) is 1. The van der Waals surface area contributed by atoms with Crippen LogP contribution in [0, 0.1) is 5.82 Å². The third-order valence-electron chi connectivity index (χ3n) is 4.18. The Morgan fingerprint density at radius 3 is 2.60 bits per heavy atom. The second-order valence-corrected chi connectivity index (χ2v) is 5.86. The van der Waals surface area contributed by atoms with Gasteiger partial charge in [0.2, 0.25) is 0 Å². The summed E-state index contributed by atoms with van der Waals surface area (Å²) in [7, 11) is 3.60. The van der Waals surface area contributed by atoms with Crippen molar-refractivity contribution in [1.29, 1.82) is 0 Å². The molecule has 2 aromatic heterocycles. The zero-order valence-corrected chi connectivity index (χ0v) is 14.5. The molecule has 0 bridgehead atoms. The maximum Gasteiger partial charge on any atom is 0.141 e. The molecule has 0 radical (unpaired) electrons. The van der Waals surface area contributed by atoms with Crippen LogP contribution in [0.4, 0.5) is 4.39 Å². The van der Waals surface area contributed by atoms with E-state index in [1.165, 1.54) is 12.3 Å². The first-order chi connectivity index (χ1) is 12.1. The molecule has 3 rings (SSSR count). The van der Waals surface area contributed by atoms with Crippen LogP contribution >= 0.6 is 0 Å². The normalized spacial score (nSPS) is 13.4. The van der Waals surface area contributed by atoms with Gasteiger partial charge in [-0.15, -0.1) is 0 Å². The van der Waals surface area contributed by atoms with Gasteiger partial charge in [-0.25, -0.2) is 9.37 Å². The predicted octanol–water partition coefficient (Wildman–Crippen LogP) is 3.40. The van der Waals surface area contributed by atoms with E-state index in [2.05, 4.69) is 15.3 Å². The highest BCUT2D eigenvalue weighted by Gasteiger charge is 2.24. The molecule has 0 aliphatic rings. The van der Waals surface area contributed by atoms with Crippen molar-refractivity contribution in [2.75, 3.05) is 7.11 Å². The number of hydrogen-bond acceptors (Lipinski definition) is 4. The van der Waals surface area contributed by atoms with Gasteiger partial charge in [0, 0.05) is 31.0 Å². The minimum atomic E-state index is -0.346. The van der Waals surface area contributed by atoms with E-state index >= 15 is 0 Å². The van der Waals surface area contributed by atoms with Crippen molar-refractivity contribution in [2.45, 2.75) is 19.0 Å². The SMILES string of the molecule is COc1ccccc1[C@H](N[C@H](C)c1ccc(F)cn1)c1nccn1C. The van der Waals surface area contributed by atoms with Crippen molar-refractivity contribution < 1.29 is 9.13 Å². The number of aryl methyl sites for hydroxylation is 1. The topological polar surface area (TPSA) is 52.0 Å². The van der Waals surface area contributed by atoms with Crippen molar-refractivity contribution in [3.05, 3.63) is 77.9 Å². The summed E-state index contributed by atoms with van der Waals surface area (Å²) >= 11 is 0. The maximum atomic E-state index is 13.1. The van der Waals surface area contributed by atoms with E-state index in [1.807, 2.05) is 49.0 Å². The van der Waals surface area contributed by atoms with Crippen LogP contribution in [0.15, 0.2) is 55.0 Å². The molecule has 0 unspecified atom stereocenters. The van der Waals surface area contributed by atoms with Crippen molar-refractivity contribution in [1.82, 2.24) is 19.9 Å². The molecule has 1 aromatic carbocycles. The monoisotopic (exact) mass is 340 g/mol. The molecule has 0 aliphatic carbocycles. The number of nitrogens with zero attached hydrogens (tertiary/aromatic N) is 3. The Balaban J connectivity index is 1.97. The molecule has 6 heteroatoms. The van der Waals surface area contributed by atoms with E-state index in [1.54, 1.807) is 19.4 Å². The fourth-order valence-corrected chi connectivity index (χ4v) is 2.84. The van der Waals surface area contributed by atoms with Gasteiger partial charge >= 0.3 is 0 Å². The molecule has 3 aromatic rings. The Labute approximate surface area is 146 Å². The summed E-state index contributed by atoms with van der Waals surface area (Å²) in [6, 6.07) is 10.6. The van der Waals surface area contributed by atoms with Crippen LogP contribution in [0.3, 0.4) is 0 Å². The number of nitrogens with one attached hydrogen (secondary N) is 1. The zero-order valence-electron chi connectivity index (χ0n) is 14.5. The Hall–Kier alpha value is -2.73. The molecule has 2 heterocycles. The second kappa shape index (κ2) is 7.44. The number of imidazole rings is 1. The Bertz CT molecular complexity index is 831. The lowest BCUT2D eigenvalue weighted by Crippen LogP contribution is -2.28. The second-order valence-electron chi connectivity index (χ2n) is 5.86. The van der Waals surface area contributed by atoms with Crippen LogP contribution in [0.2, 0.25) is 0 Å². The Morgan fingerprint density at radius 2 is 1.96 bits per heavy atom. The molecule has 0 aliphatic heterocycles. The first kappa shape index (κ1) is 17.1. The minimum absolute atomic E-state index is 0.104. The van der Waals surface area contributed by atoms with E-state index in [0.717, 1.165) is 22.8 Å². The van der Waals surface area contributed by atoms with Crippen LogP contribution in [0.1, 0.15) is 36.1 Å². The van der Waals surface area contributed by atoms with Gasteiger partial charge in [0.1, 0.15) is 17.4 Å². The first-order valence-corrected chi connectivity index (χ1v) is 8.07. The number of rotatable bonds is 6. The molecule has 1 N–H and O–H groups in total. The molecule has 0 saturated heterocycles. The van der Waals surface area contributed by atoms with Gasteiger partial charge in [0.05, 0.1) is 25.0 Å². The number of halogens is 1. The highest BCUT2D eigenvalue weighted by molar-refractivity contribution is 5.39. The summed E-state index contributed by atoms with van der Waals surface area (Å²) in [6.07, 6.45) is 4.90. The third kappa shape index (κ3) is 3.69. The third-order valence-corrected chi connectivity index (χ3v) is 4.18. The number of aromatic nitrogens is 3. The van der Waals surface area contributed by atoms with Crippen LogP contribution in [-0.2, 0) is 7.05 Å². The zero-order chi connectivity index (χ0) is 17.8. The van der Waals surface area contributed by atoms with E-state index in [-0.39, 0.29) is 17.9 Å². The highest BCUT2D eigenvalue weighted by Crippen LogP contribution is 2.31. The molecule has 25 heavy (non-hydrogen) atoms. The van der Waals surface area contributed by atoms with E-state index in [9.17, 15) is 4.39 Å². The first-order valence-electron chi connectivity index (χ1n) is 8.07. The molecule has 0 fully saturated rings. The average Bonchev–Trinajstić information content (AvgIpc) is 3.06. The number of benzene rings is 1. The fourth-order valence-electron chi connectivity index (χ4n) is 2.84. The van der Waals surface area contributed by atoms with Gasteiger partial charge in [-0.2, -0.15) is 0 Å². The average molecular weight is 340 g/mol. The van der Waals surface area contributed by atoms with E-state index in [0.29, 0.717) is 0 Å². The van der Waals surface area contributed by atoms with Crippen molar-refractivity contribution in [3.63, 3.8) is 0 Å². The highest BCUT2D eigenvalue weighted by atomic mass is 19.1. The van der Waals surface area contributed by atoms with Crippen molar-refractivity contribution in [3.8, 4) is 5.75 Å². The molecule has 0 spiro atoms. The summed E-state index contributed by atoms with van der Waals surface area (Å²) in [5.41, 5.74) is 1.74. The molecule has 2 atom stereocenters. The van der Waals surface area contributed by atoms with E-state index in [4.69, 9.17) is 4.74 Å². The van der Waals surface area contributed by atoms with Crippen LogP contribution in [0.5, 0.6) is 5.75 Å². The van der Waals surface area contributed by atoms with Gasteiger partial charge in [-0.1, -0.05) is 18.2 Å². The van der Waals surface area contributed by atoms with Crippen molar-refractivity contribution in [2.24, 2.45) is 7.05 Å². The largest absolute Gasteiger partial charge is 0.496 e. The van der Waals surface area contributed by atoms with Crippen LogP contribution in [0.25, 0.3) is 0 Å². The van der Waals surface area contributed by atoms with Gasteiger partial charge in [-0.3, -0.25) is 10.3 Å². The summed E-state index contributed by atoms with van der Waals surface area (Å²) < 4.78 is 20.6. The van der Waals surface area contributed by atoms with Crippen molar-refractivity contribution >= 4 is 0 Å². The summed E-state index contributed by atoms with van der Waals surface area (Å²) in [5, 5.41) is 3.54. The molecule has 0 amide bonds. The fraction of sp³-hybridized carbons (Fsp3) is 0.263. The molecule has 0 saturated carbocycles. The minimum Gasteiger partial charge on any atom is -0.496 e. The summed E-state index contributed by atoms with van der Waals surface area (Å²) in [4.78, 5) is 8.67. The lowest BCUT2D eigenvalue weighted by molar-refractivity contribution is 0.396. The standard InChI is InChI=1S/C19H21FN4O/c1-13(16-9-8-14(20)12-22-16)23-18(19-21-10-11-24(19)2)15-6-4-5-7-17(15)25-3/h4-13,18,23H,1-3H3/t13-,18+/m1/s1. The summed E-state index contributed by atoms with van der Waals surface area (Å²) in [5.74, 6) is 1.29. The number of methoxy groups -OCH3 is 1. The Kier molecular flexibility index (Phi) is 5.09. The summed E-state index contributed by atoms with van der Waals surface area (Å²) in [6.45, 7) is 1.99. The number of ether oxygens (including phenoxy) is 1. The number of pyridine rings is 1. The van der Waals surface area contributed by atoms with Crippen LogP contribution in [-0.4, -0.2) is 21.6 Å². The van der Waals surface area contributed by atoms with Crippen LogP contribution < -0.4 is 10.1 Å². The quantitative estimate of drug-likeness (QED) is 0.747. The van der Waals surface area contributed by atoms with Gasteiger partial charge in [0.15, 0.2) is 0 Å². The molecular formula is C19H21FN4O. The van der Waals surface area contributed by atoms with Gasteiger partial charge in [0.25, 0.3) is 0 Å². The molecule has 5 nitrogen and oxygen atoms in total. The lowest BCUT2D eigenvalue weighted by Gasteiger charge is -2.24. The number of para-hydroxylation sites is 1. The lowest BCUT2D eigenvalue weighted by atomic mass is 10.0. The maximum absolute atomic E-state index is 13.1. The molecular weight excluding hydrogens is 319 g/mol. The molecule has 130 valence electrons. The van der Waals surface area contributed by atoms with Gasteiger partial charge in [-0.05, 0) is 25.1 Å². The Morgan fingerprint density at radius 1 is 1.16 bits per heavy atom.